The lowest BCUT2D eigenvalue weighted by Gasteiger charge is -2.24. The van der Waals surface area contributed by atoms with E-state index in [0.29, 0.717) is 22.8 Å². The number of likely N-dealkylation sites (N-methyl/N-ethyl adjacent to an activating group) is 1. The maximum absolute atomic E-state index is 13.5. The highest BCUT2D eigenvalue weighted by molar-refractivity contribution is 5.92. The molecule has 3 aromatic rings. The monoisotopic (exact) mass is 456 g/mol. The van der Waals surface area contributed by atoms with Crippen molar-refractivity contribution in [1.29, 1.82) is 0 Å². The summed E-state index contributed by atoms with van der Waals surface area (Å²) < 4.78 is 43.2. The molecule has 2 aromatic carbocycles. The Bertz CT molecular complexity index is 1150. The highest BCUT2D eigenvalue weighted by atomic mass is 19.2. The van der Waals surface area contributed by atoms with Crippen LogP contribution in [0.25, 0.3) is 6.08 Å². The van der Waals surface area contributed by atoms with Crippen LogP contribution in [0.15, 0.2) is 47.0 Å². The molecular formula is C25H26F2N2O4. The van der Waals surface area contributed by atoms with Gasteiger partial charge < -0.3 is 18.9 Å². The van der Waals surface area contributed by atoms with Crippen LogP contribution in [-0.4, -0.2) is 30.1 Å². The van der Waals surface area contributed by atoms with E-state index in [9.17, 15) is 13.6 Å². The summed E-state index contributed by atoms with van der Waals surface area (Å²) in [6.45, 7) is 5.71. The van der Waals surface area contributed by atoms with Crippen LogP contribution < -0.4 is 9.47 Å². The van der Waals surface area contributed by atoms with Crippen LogP contribution in [0.4, 0.5) is 8.78 Å². The summed E-state index contributed by atoms with van der Waals surface area (Å²) in [5.74, 6) is -0.395. The molecule has 0 aliphatic carbocycles. The van der Waals surface area contributed by atoms with Gasteiger partial charge in [-0.3, -0.25) is 4.79 Å². The average Bonchev–Trinajstić information content (AvgIpc) is 3.14. The largest absolute Gasteiger partial charge is 0.493 e. The number of benzene rings is 2. The van der Waals surface area contributed by atoms with Gasteiger partial charge in [-0.25, -0.2) is 8.78 Å². The van der Waals surface area contributed by atoms with Crippen LogP contribution in [0.1, 0.15) is 41.1 Å². The van der Waals surface area contributed by atoms with Crippen LogP contribution in [0.5, 0.6) is 11.5 Å². The second kappa shape index (κ2) is 10.3. The molecule has 0 aliphatic rings. The van der Waals surface area contributed by atoms with Gasteiger partial charge in [0.2, 0.25) is 5.91 Å². The summed E-state index contributed by atoms with van der Waals surface area (Å²) in [5, 5.41) is 3.91. The zero-order valence-corrected chi connectivity index (χ0v) is 19.2. The maximum atomic E-state index is 13.5. The average molecular weight is 456 g/mol. The highest BCUT2D eigenvalue weighted by Gasteiger charge is 2.17. The van der Waals surface area contributed by atoms with Crippen LogP contribution in [-0.2, 0) is 11.4 Å². The van der Waals surface area contributed by atoms with Gasteiger partial charge >= 0.3 is 0 Å². The van der Waals surface area contributed by atoms with E-state index in [1.807, 2.05) is 13.8 Å². The van der Waals surface area contributed by atoms with Crippen molar-refractivity contribution in [2.24, 2.45) is 0 Å². The molecule has 1 atom stereocenters. The number of carbonyl (C=O) groups excluding carboxylic acids is 1. The number of carbonyl (C=O) groups is 1. The standard InChI is InChI=1S/C25H26F2N2O4/c1-15-20(17(3)33-28-15)14-32-23-10-6-18(12-24(23)31-5)7-11-25(30)29(4)16(2)19-8-9-21(26)22(27)13-19/h6-13,16H,14H2,1-5H3/b11-7+. The number of aromatic nitrogens is 1. The van der Waals surface area contributed by atoms with Gasteiger partial charge in [0.1, 0.15) is 12.4 Å². The molecule has 0 saturated carbocycles. The molecule has 0 fully saturated rings. The van der Waals surface area contributed by atoms with Gasteiger partial charge in [-0.1, -0.05) is 17.3 Å². The molecule has 6 nitrogen and oxygen atoms in total. The first-order chi connectivity index (χ1) is 15.7. The number of rotatable bonds is 8. The molecule has 1 heterocycles. The van der Waals surface area contributed by atoms with Gasteiger partial charge in [-0.05, 0) is 62.2 Å². The normalized spacial score (nSPS) is 12.1. The van der Waals surface area contributed by atoms with Crippen molar-refractivity contribution in [3.8, 4) is 11.5 Å². The van der Waals surface area contributed by atoms with E-state index in [-0.39, 0.29) is 12.5 Å². The topological polar surface area (TPSA) is 64.8 Å². The number of methoxy groups -OCH3 is 1. The Hall–Kier alpha value is -3.68. The molecule has 0 N–H and O–H groups in total. The van der Waals surface area contributed by atoms with E-state index in [2.05, 4.69) is 5.16 Å². The second-order valence-electron chi connectivity index (χ2n) is 7.63. The number of nitrogens with zero attached hydrogens (tertiary/aromatic N) is 2. The molecule has 8 heteroatoms. The van der Waals surface area contributed by atoms with E-state index < -0.39 is 17.7 Å². The van der Waals surface area contributed by atoms with E-state index >= 15 is 0 Å². The molecule has 0 radical (unpaired) electrons. The summed E-state index contributed by atoms with van der Waals surface area (Å²) in [6, 6.07) is 8.49. The number of halogens is 2. The Kier molecular flexibility index (Phi) is 7.48. The Balaban J connectivity index is 1.68. The van der Waals surface area contributed by atoms with Gasteiger partial charge in [0.15, 0.2) is 23.1 Å². The highest BCUT2D eigenvalue weighted by Crippen LogP contribution is 2.30. The molecule has 0 aliphatic heterocycles. The lowest BCUT2D eigenvalue weighted by molar-refractivity contribution is -0.126. The molecule has 1 amide bonds. The third-order valence-corrected chi connectivity index (χ3v) is 5.51. The molecule has 0 bridgehead atoms. The Morgan fingerprint density at radius 1 is 1.15 bits per heavy atom. The van der Waals surface area contributed by atoms with Gasteiger partial charge in [0.25, 0.3) is 0 Å². The summed E-state index contributed by atoms with van der Waals surface area (Å²) >= 11 is 0. The van der Waals surface area contributed by atoms with Crippen LogP contribution in [0.3, 0.4) is 0 Å². The first kappa shape index (κ1) is 24.0. The molecule has 1 unspecified atom stereocenters. The number of ether oxygens (including phenoxy) is 2. The molecule has 3 rings (SSSR count). The van der Waals surface area contributed by atoms with Crippen molar-refractivity contribution in [2.75, 3.05) is 14.2 Å². The van der Waals surface area contributed by atoms with E-state index in [1.165, 1.54) is 24.2 Å². The Labute approximate surface area is 191 Å². The van der Waals surface area contributed by atoms with E-state index in [4.69, 9.17) is 14.0 Å². The van der Waals surface area contributed by atoms with Crippen molar-refractivity contribution in [2.45, 2.75) is 33.4 Å². The van der Waals surface area contributed by atoms with Crippen molar-refractivity contribution in [1.82, 2.24) is 10.1 Å². The third kappa shape index (κ3) is 5.58. The SMILES string of the molecule is COc1cc(/C=C/C(=O)N(C)C(C)c2ccc(F)c(F)c2)ccc1OCc1c(C)noc1C. The van der Waals surface area contributed by atoms with E-state index in [1.54, 1.807) is 38.2 Å². The summed E-state index contributed by atoms with van der Waals surface area (Å²) in [7, 11) is 3.14. The minimum absolute atomic E-state index is 0.287. The van der Waals surface area contributed by atoms with Gasteiger partial charge in [0, 0.05) is 13.1 Å². The van der Waals surface area contributed by atoms with E-state index in [0.717, 1.165) is 29.0 Å². The predicted molar refractivity (Wildman–Crippen MR) is 120 cm³/mol. The molecule has 174 valence electrons. The van der Waals surface area contributed by atoms with Crippen molar-refractivity contribution in [3.63, 3.8) is 0 Å². The molecule has 33 heavy (non-hydrogen) atoms. The third-order valence-electron chi connectivity index (χ3n) is 5.51. The maximum Gasteiger partial charge on any atom is 0.246 e. The minimum atomic E-state index is -0.945. The molecule has 1 aromatic heterocycles. The number of hydrogen-bond acceptors (Lipinski definition) is 5. The van der Waals surface area contributed by atoms with Crippen molar-refractivity contribution < 1.29 is 27.6 Å². The first-order valence-electron chi connectivity index (χ1n) is 10.3. The lowest BCUT2D eigenvalue weighted by atomic mass is 10.1. The second-order valence-corrected chi connectivity index (χ2v) is 7.63. The van der Waals surface area contributed by atoms with Crippen LogP contribution in [0, 0.1) is 25.5 Å². The molecule has 0 spiro atoms. The quantitative estimate of drug-likeness (QED) is 0.425. The fourth-order valence-electron chi connectivity index (χ4n) is 3.24. The zero-order valence-electron chi connectivity index (χ0n) is 19.2. The Morgan fingerprint density at radius 3 is 2.55 bits per heavy atom. The zero-order chi connectivity index (χ0) is 24.1. The molecule has 0 saturated heterocycles. The fourth-order valence-corrected chi connectivity index (χ4v) is 3.24. The molecular weight excluding hydrogens is 430 g/mol. The predicted octanol–water partition coefficient (Wildman–Crippen LogP) is 5.39. The summed E-state index contributed by atoms with van der Waals surface area (Å²) in [4.78, 5) is 14.0. The fraction of sp³-hybridized carbons (Fsp3) is 0.280. The van der Waals surface area contributed by atoms with Gasteiger partial charge in [-0.2, -0.15) is 0 Å². The van der Waals surface area contributed by atoms with Crippen molar-refractivity contribution >= 4 is 12.0 Å². The van der Waals surface area contributed by atoms with Crippen LogP contribution >= 0.6 is 0 Å². The number of amides is 1. The number of hydrogen-bond donors (Lipinski definition) is 0. The van der Waals surface area contributed by atoms with Gasteiger partial charge in [0.05, 0.1) is 24.4 Å². The number of aryl methyl sites for hydroxylation is 2. The minimum Gasteiger partial charge on any atom is -0.493 e. The van der Waals surface area contributed by atoms with Gasteiger partial charge in [-0.15, -0.1) is 0 Å². The summed E-state index contributed by atoms with van der Waals surface area (Å²) in [6.07, 6.45) is 3.06. The summed E-state index contributed by atoms with van der Waals surface area (Å²) in [5.41, 5.74) is 2.88. The van der Waals surface area contributed by atoms with Crippen LogP contribution in [0.2, 0.25) is 0 Å². The Morgan fingerprint density at radius 2 is 1.91 bits per heavy atom. The van der Waals surface area contributed by atoms with Crippen molar-refractivity contribution in [3.05, 3.63) is 82.3 Å². The lowest BCUT2D eigenvalue weighted by Crippen LogP contribution is -2.28. The smallest absolute Gasteiger partial charge is 0.246 e. The first-order valence-corrected chi connectivity index (χ1v) is 10.3.